The van der Waals surface area contributed by atoms with Crippen molar-refractivity contribution in [3.63, 3.8) is 0 Å². The van der Waals surface area contributed by atoms with Crippen LogP contribution in [0, 0.1) is 12.8 Å². The smallest absolute Gasteiger partial charge is 0.229 e. The van der Waals surface area contributed by atoms with E-state index >= 15 is 0 Å². The highest BCUT2D eigenvalue weighted by atomic mass is 16.2. The molecule has 150 valence electrons. The van der Waals surface area contributed by atoms with E-state index in [1.165, 1.54) is 0 Å². The minimum Gasteiger partial charge on any atom is -0.323 e. The van der Waals surface area contributed by atoms with Crippen molar-refractivity contribution in [3.8, 4) is 0 Å². The number of amides is 2. The number of rotatable bonds is 8. The third-order valence-corrected chi connectivity index (χ3v) is 5.28. The molecule has 1 aliphatic rings. The van der Waals surface area contributed by atoms with Gasteiger partial charge in [-0.15, -0.1) is 0 Å². The van der Waals surface area contributed by atoms with Crippen molar-refractivity contribution < 1.29 is 9.59 Å². The normalized spacial score (nSPS) is 16.8. The second-order valence-corrected chi connectivity index (χ2v) is 7.25. The highest BCUT2D eigenvalue weighted by Crippen LogP contribution is 2.26. The van der Waals surface area contributed by atoms with Crippen LogP contribution in [0.15, 0.2) is 36.7 Å². The lowest BCUT2D eigenvalue weighted by Gasteiger charge is -2.17. The van der Waals surface area contributed by atoms with E-state index in [1.807, 2.05) is 42.1 Å². The molecular weight excluding hydrogens is 354 g/mol. The van der Waals surface area contributed by atoms with Gasteiger partial charge in [0.05, 0.1) is 24.3 Å². The molecule has 0 saturated carbocycles. The van der Waals surface area contributed by atoms with Gasteiger partial charge >= 0.3 is 0 Å². The van der Waals surface area contributed by atoms with Crippen LogP contribution in [-0.2, 0) is 16.1 Å². The fourth-order valence-electron chi connectivity index (χ4n) is 3.44. The number of aromatic nitrogens is 2. The standard InChI is InChI=1S/C21H29N5O2/c1-4-24(5-2)10-11-25-15-18(13-22-25)23-21(28)17-12-20(27)26(14-17)19-8-6-16(3)7-9-19/h6-9,13,15,17H,4-5,10-12,14H2,1-3H3,(H,23,28). The Morgan fingerprint density at radius 3 is 2.64 bits per heavy atom. The first-order valence-corrected chi connectivity index (χ1v) is 9.92. The van der Waals surface area contributed by atoms with Crippen LogP contribution in [0.2, 0.25) is 0 Å². The molecule has 2 amide bonds. The highest BCUT2D eigenvalue weighted by Gasteiger charge is 2.35. The van der Waals surface area contributed by atoms with E-state index in [2.05, 4.69) is 29.2 Å². The minimum absolute atomic E-state index is 0.0149. The van der Waals surface area contributed by atoms with E-state index in [0.717, 1.165) is 37.4 Å². The molecule has 0 aliphatic carbocycles. The van der Waals surface area contributed by atoms with Crippen LogP contribution in [0.5, 0.6) is 0 Å². The van der Waals surface area contributed by atoms with Crippen molar-refractivity contribution in [1.82, 2.24) is 14.7 Å². The molecule has 2 heterocycles. The summed E-state index contributed by atoms with van der Waals surface area (Å²) in [5.41, 5.74) is 2.66. The van der Waals surface area contributed by atoms with E-state index in [4.69, 9.17) is 0 Å². The SMILES string of the molecule is CCN(CC)CCn1cc(NC(=O)C2CC(=O)N(c3ccc(C)cc3)C2)cn1. The Balaban J connectivity index is 1.55. The van der Waals surface area contributed by atoms with Gasteiger partial charge in [0, 0.05) is 31.4 Å². The van der Waals surface area contributed by atoms with Crippen molar-refractivity contribution in [3.05, 3.63) is 42.2 Å². The van der Waals surface area contributed by atoms with Gasteiger partial charge in [-0.05, 0) is 32.1 Å². The van der Waals surface area contributed by atoms with Crippen LogP contribution >= 0.6 is 0 Å². The zero-order chi connectivity index (χ0) is 20.1. The lowest BCUT2D eigenvalue weighted by Crippen LogP contribution is -2.28. The number of hydrogen-bond donors (Lipinski definition) is 1. The maximum Gasteiger partial charge on any atom is 0.229 e. The lowest BCUT2D eigenvalue weighted by atomic mass is 10.1. The Labute approximate surface area is 166 Å². The summed E-state index contributed by atoms with van der Waals surface area (Å²) in [4.78, 5) is 29.0. The number of hydrogen-bond acceptors (Lipinski definition) is 4. The molecule has 0 bridgehead atoms. The van der Waals surface area contributed by atoms with Crippen LogP contribution < -0.4 is 10.2 Å². The minimum atomic E-state index is -0.354. The predicted molar refractivity (Wildman–Crippen MR) is 110 cm³/mol. The maximum atomic E-state index is 12.6. The summed E-state index contributed by atoms with van der Waals surface area (Å²) in [5.74, 6) is -0.502. The van der Waals surface area contributed by atoms with Crippen molar-refractivity contribution in [2.24, 2.45) is 5.92 Å². The molecule has 1 fully saturated rings. The van der Waals surface area contributed by atoms with Crippen molar-refractivity contribution in [1.29, 1.82) is 0 Å². The summed E-state index contributed by atoms with van der Waals surface area (Å²) in [7, 11) is 0. The summed E-state index contributed by atoms with van der Waals surface area (Å²) >= 11 is 0. The van der Waals surface area contributed by atoms with E-state index in [0.29, 0.717) is 12.2 Å². The van der Waals surface area contributed by atoms with E-state index < -0.39 is 0 Å². The largest absolute Gasteiger partial charge is 0.323 e. The summed E-state index contributed by atoms with van der Waals surface area (Å²) in [6.07, 6.45) is 3.74. The van der Waals surface area contributed by atoms with Crippen LogP contribution in [-0.4, -0.2) is 52.7 Å². The first-order chi connectivity index (χ1) is 13.5. The Kier molecular flexibility index (Phi) is 6.46. The molecule has 28 heavy (non-hydrogen) atoms. The van der Waals surface area contributed by atoms with Gasteiger partial charge in [0.15, 0.2) is 0 Å². The number of nitrogens with one attached hydrogen (secondary N) is 1. The monoisotopic (exact) mass is 383 g/mol. The van der Waals surface area contributed by atoms with E-state index in [9.17, 15) is 9.59 Å². The molecule has 1 saturated heterocycles. The maximum absolute atomic E-state index is 12.6. The van der Waals surface area contributed by atoms with Gasteiger partial charge in [-0.2, -0.15) is 5.10 Å². The topological polar surface area (TPSA) is 70.5 Å². The molecule has 7 nitrogen and oxygen atoms in total. The van der Waals surface area contributed by atoms with Gasteiger partial charge in [0.2, 0.25) is 11.8 Å². The second-order valence-electron chi connectivity index (χ2n) is 7.25. The summed E-state index contributed by atoms with van der Waals surface area (Å²) in [6, 6.07) is 7.80. The molecule has 0 radical (unpaired) electrons. The van der Waals surface area contributed by atoms with Gasteiger partial charge in [0.1, 0.15) is 0 Å². The molecule has 1 atom stereocenters. The fraction of sp³-hybridized carbons (Fsp3) is 0.476. The zero-order valence-electron chi connectivity index (χ0n) is 16.9. The van der Waals surface area contributed by atoms with Gasteiger partial charge < -0.3 is 15.1 Å². The zero-order valence-corrected chi connectivity index (χ0v) is 16.9. The number of nitrogens with zero attached hydrogens (tertiary/aromatic N) is 4. The Bertz CT molecular complexity index is 810. The lowest BCUT2D eigenvalue weighted by molar-refractivity contribution is -0.122. The molecule has 1 aromatic carbocycles. The molecule has 0 spiro atoms. The van der Waals surface area contributed by atoms with Crippen LogP contribution in [0.3, 0.4) is 0 Å². The van der Waals surface area contributed by atoms with E-state index in [-0.39, 0.29) is 24.2 Å². The Morgan fingerprint density at radius 1 is 1.25 bits per heavy atom. The third kappa shape index (κ3) is 4.78. The summed E-state index contributed by atoms with van der Waals surface area (Å²) < 4.78 is 1.84. The molecule has 7 heteroatoms. The summed E-state index contributed by atoms with van der Waals surface area (Å²) in [6.45, 7) is 10.4. The highest BCUT2D eigenvalue weighted by molar-refractivity contribution is 6.03. The molecule has 1 aliphatic heterocycles. The molecular formula is C21H29N5O2. The second kappa shape index (κ2) is 9.01. The number of benzene rings is 1. The molecule has 2 aromatic rings. The Hall–Kier alpha value is -2.67. The van der Waals surface area contributed by atoms with Crippen molar-refractivity contribution in [2.45, 2.75) is 33.7 Å². The molecule has 1 unspecified atom stereocenters. The first kappa shape index (κ1) is 20.1. The Morgan fingerprint density at radius 2 is 1.96 bits per heavy atom. The summed E-state index contributed by atoms with van der Waals surface area (Å²) in [5, 5.41) is 7.23. The molecule has 1 aromatic heterocycles. The quantitative estimate of drug-likeness (QED) is 0.760. The van der Waals surface area contributed by atoms with Crippen LogP contribution in [0.25, 0.3) is 0 Å². The van der Waals surface area contributed by atoms with Crippen molar-refractivity contribution >= 4 is 23.2 Å². The van der Waals surface area contributed by atoms with Gasteiger partial charge in [-0.3, -0.25) is 14.3 Å². The first-order valence-electron chi connectivity index (χ1n) is 9.92. The number of aryl methyl sites for hydroxylation is 1. The van der Waals surface area contributed by atoms with Gasteiger partial charge in [0.25, 0.3) is 0 Å². The number of carbonyl (C=O) groups excluding carboxylic acids is 2. The predicted octanol–water partition coefficient (Wildman–Crippen LogP) is 2.52. The average Bonchev–Trinajstić information content (AvgIpc) is 3.30. The fourth-order valence-corrected chi connectivity index (χ4v) is 3.44. The van der Waals surface area contributed by atoms with Gasteiger partial charge in [-0.25, -0.2) is 0 Å². The molecule has 1 N–H and O–H groups in total. The number of carbonyl (C=O) groups is 2. The van der Waals surface area contributed by atoms with Crippen molar-refractivity contribution in [2.75, 3.05) is 36.4 Å². The number of anilines is 2. The third-order valence-electron chi connectivity index (χ3n) is 5.28. The average molecular weight is 383 g/mol. The van der Waals surface area contributed by atoms with Gasteiger partial charge in [-0.1, -0.05) is 31.5 Å². The van der Waals surface area contributed by atoms with Crippen LogP contribution in [0.1, 0.15) is 25.8 Å². The van der Waals surface area contributed by atoms with E-state index in [1.54, 1.807) is 11.1 Å². The van der Waals surface area contributed by atoms with Crippen LogP contribution in [0.4, 0.5) is 11.4 Å². The molecule has 3 rings (SSSR count). The number of likely N-dealkylation sites (N-methyl/N-ethyl adjacent to an activating group) is 1.